The van der Waals surface area contributed by atoms with Crippen molar-refractivity contribution in [3.63, 3.8) is 0 Å². The van der Waals surface area contributed by atoms with Gasteiger partial charge in [-0.1, -0.05) is 62.8 Å². The molecule has 0 bridgehead atoms. The van der Waals surface area contributed by atoms with Crippen LogP contribution in [-0.2, 0) is 9.45 Å². The van der Waals surface area contributed by atoms with Gasteiger partial charge in [-0.15, -0.1) is 12.8 Å². The lowest BCUT2D eigenvalue weighted by molar-refractivity contribution is -0.106. The van der Waals surface area contributed by atoms with Crippen molar-refractivity contribution in [2.45, 2.75) is 97.7 Å². The maximum Gasteiger partial charge on any atom is 0.330 e. The molecule has 4 heteroatoms. The summed E-state index contributed by atoms with van der Waals surface area (Å²) in [7, 11) is 1.75. The monoisotopic (exact) mass is 387 g/mol. The molecule has 1 fully saturated rings. The molecular weight excluding hydrogens is 347 g/mol. The lowest BCUT2D eigenvalue weighted by Crippen LogP contribution is -2.49. The van der Waals surface area contributed by atoms with Gasteiger partial charge in [0.1, 0.15) is 6.29 Å². The minimum absolute atomic E-state index is 0.616. The van der Waals surface area contributed by atoms with E-state index in [4.69, 9.17) is 9.45 Å². The molecule has 2 rings (SSSR count). The minimum Gasteiger partial charge on any atom is -0.427 e. The van der Waals surface area contributed by atoms with Crippen LogP contribution in [-0.4, -0.2) is 30.1 Å². The summed E-state index contributed by atoms with van der Waals surface area (Å²) in [4.78, 5) is 8.81. The average molecular weight is 387 g/mol. The summed E-state index contributed by atoms with van der Waals surface area (Å²) in [5, 5.41) is 10.1. The minimum atomic E-state index is -0.883. The summed E-state index contributed by atoms with van der Waals surface area (Å²) in [6.07, 6.45) is 15.5. The molecule has 1 saturated carbocycles. The van der Waals surface area contributed by atoms with Crippen molar-refractivity contribution in [3.05, 3.63) is 29.8 Å². The Bertz CT molecular complexity index is 521. The quantitative estimate of drug-likeness (QED) is 0.438. The predicted molar refractivity (Wildman–Crippen MR) is 122 cm³/mol. The van der Waals surface area contributed by atoms with Gasteiger partial charge in [-0.2, -0.15) is 0 Å². The topological polar surface area (TPSA) is 46.5 Å². The van der Waals surface area contributed by atoms with Crippen LogP contribution >= 0.6 is 0 Å². The smallest absolute Gasteiger partial charge is 0.330 e. The molecule has 1 aromatic rings. The number of carbonyl (C=O) groups is 1. The normalized spacial score (nSPS) is 14.1. The van der Waals surface area contributed by atoms with Gasteiger partial charge in [0, 0.05) is 0 Å². The fourth-order valence-corrected chi connectivity index (χ4v) is 2.64. The fraction of sp³-hybridized carbons (Fsp3) is 0.625. The third-order valence-corrected chi connectivity index (χ3v) is 4.98. The van der Waals surface area contributed by atoms with E-state index in [-0.39, 0.29) is 0 Å². The van der Waals surface area contributed by atoms with Crippen molar-refractivity contribution >= 4 is 19.2 Å². The molecule has 3 nitrogen and oxygen atoms in total. The van der Waals surface area contributed by atoms with E-state index in [1.165, 1.54) is 44.6 Å². The second-order valence-electron chi connectivity index (χ2n) is 7.54. The highest BCUT2D eigenvalue weighted by molar-refractivity contribution is 6.47. The van der Waals surface area contributed by atoms with E-state index < -0.39 is 11.2 Å². The number of aliphatic hydroxyl groups is 1. The largest absolute Gasteiger partial charge is 0.427 e. The van der Waals surface area contributed by atoms with Gasteiger partial charge >= 0.3 is 7.48 Å². The first kappa shape index (κ1) is 28.6. The van der Waals surface area contributed by atoms with Gasteiger partial charge in [-0.3, -0.25) is 0 Å². The Hall–Kier alpha value is -1.57. The zero-order valence-corrected chi connectivity index (χ0v) is 19.0. The van der Waals surface area contributed by atoms with E-state index in [1.807, 2.05) is 27.7 Å². The molecule has 1 aliphatic rings. The molecule has 1 aromatic carbocycles. The predicted octanol–water partition coefficient (Wildman–Crippen LogP) is 5.03. The summed E-state index contributed by atoms with van der Waals surface area (Å²) < 4.78 is 5.79. The van der Waals surface area contributed by atoms with Crippen molar-refractivity contribution in [2.75, 3.05) is 0 Å². The summed E-state index contributed by atoms with van der Waals surface area (Å²) in [6.45, 7) is 12.8. The van der Waals surface area contributed by atoms with Crippen LogP contribution < -0.4 is 5.46 Å². The first-order valence-corrected chi connectivity index (χ1v) is 10.3. The lowest BCUT2D eigenvalue weighted by Gasteiger charge is -2.37. The average Bonchev–Trinajstić information content (AvgIpc) is 2.70. The van der Waals surface area contributed by atoms with Gasteiger partial charge in [0.05, 0.1) is 11.2 Å². The number of terminal acetylenes is 1. The third kappa shape index (κ3) is 10.7. The first-order chi connectivity index (χ1) is 13.2. The number of carbonyl (C=O) groups excluding carboxylic acids is 1. The van der Waals surface area contributed by atoms with Crippen molar-refractivity contribution < 1.29 is 14.6 Å². The molecule has 0 spiro atoms. The van der Waals surface area contributed by atoms with Crippen LogP contribution in [0.1, 0.15) is 92.1 Å². The molecule has 1 aliphatic carbocycles. The van der Waals surface area contributed by atoms with Crippen LogP contribution in [0.4, 0.5) is 0 Å². The summed E-state index contributed by atoms with van der Waals surface area (Å²) in [5.41, 5.74) is 1.00. The van der Waals surface area contributed by atoms with Gasteiger partial charge in [-0.05, 0) is 58.9 Å². The Morgan fingerprint density at radius 2 is 1.46 bits per heavy atom. The lowest BCUT2D eigenvalue weighted by atomic mass is 9.80. The van der Waals surface area contributed by atoms with Crippen LogP contribution in [0.2, 0.25) is 0 Å². The standard InChI is InChI=1S/C18H28BO2.C2H4O.C2H6.C2H2/c1-17(2,20)18(3,4)21-19-16-12-10-15(11-13-16)14-8-6-5-7-9-14;1-2-3;2*1-2/h10-14,20H,5-9H2,1-4H3;2H,1H3;1-2H3;1-2H. The third-order valence-electron chi connectivity index (χ3n) is 4.98. The Labute approximate surface area is 174 Å². The van der Waals surface area contributed by atoms with Gasteiger partial charge in [-0.25, -0.2) is 0 Å². The molecule has 1 radical (unpaired) electrons. The molecule has 0 saturated heterocycles. The van der Waals surface area contributed by atoms with Crippen molar-refractivity contribution in [1.82, 2.24) is 0 Å². The van der Waals surface area contributed by atoms with Gasteiger partial charge in [0.25, 0.3) is 0 Å². The van der Waals surface area contributed by atoms with E-state index >= 15 is 0 Å². The van der Waals surface area contributed by atoms with Gasteiger partial charge in [0.15, 0.2) is 0 Å². The molecule has 0 unspecified atom stereocenters. The highest BCUT2D eigenvalue weighted by Gasteiger charge is 2.35. The van der Waals surface area contributed by atoms with Crippen LogP contribution in [0.25, 0.3) is 0 Å². The highest BCUT2D eigenvalue weighted by atomic mass is 16.5. The summed E-state index contributed by atoms with van der Waals surface area (Å²) >= 11 is 0. The zero-order chi connectivity index (χ0) is 22.2. The number of benzene rings is 1. The van der Waals surface area contributed by atoms with E-state index in [2.05, 4.69) is 37.1 Å². The van der Waals surface area contributed by atoms with E-state index in [9.17, 15) is 5.11 Å². The van der Waals surface area contributed by atoms with Gasteiger partial charge < -0.3 is 14.6 Å². The zero-order valence-electron chi connectivity index (χ0n) is 19.0. The molecular formula is C24H40BO3. The highest BCUT2D eigenvalue weighted by Crippen LogP contribution is 2.32. The maximum atomic E-state index is 10.1. The van der Waals surface area contributed by atoms with E-state index in [0.29, 0.717) is 0 Å². The number of hydrogen-bond acceptors (Lipinski definition) is 3. The Balaban J connectivity index is 0. The molecule has 0 aromatic heterocycles. The van der Waals surface area contributed by atoms with Gasteiger partial charge in [0.2, 0.25) is 0 Å². The molecule has 0 heterocycles. The maximum absolute atomic E-state index is 10.1. The van der Waals surface area contributed by atoms with Crippen LogP contribution in [0, 0.1) is 12.8 Å². The summed E-state index contributed by atoms with van der Waals surface area (Å²) in [5.74, 6) is 0.738. The summed E-state index contributed by atoms with van der Waals surface area (Å²) in [6, 6.07) is 8.68. The van der Waals surface area contributed by atoms with Crippen LogP contribution in [0.5, 0.6) is 0 Å². The molecule has 0 amide bonds. The van der Waals surface area contributed by atoms with Crippen molar-refractivity contribution in [3.8, 4) is 12.8 Å². The van der Waals surface area contributed by atoms with E-state index in [0.717, 1.165) is 17.7 Å². The van der Waals surface area contributed by atoms with Crippen molar-refractivity contribution in [2.24, 2.45) is 0 Å². The van der Waals surface area contributed by atoms with Crippen LogP contribution in [0.15, 0.2) is 24.3 Å². The first-order valence-electron chi connectivity index (χ1n) is 10.3. The second-order valence-corrected chi connectivity index (χ2v) is 7.54. The number of hydrogen-bond donors (Lipinski definition) is 1. The SMILES string of the molecule is C#C.CC.CC(C)(O)C(C)(C)O[B]c1ccc(C2CCCCC2)cc1.CC=O. The Morgan fingerprint density at radius 3 is 1.86 bits per heavy atom. The Morgan fingerprint density at radius 1 is 1.04 bits per heavy atom. The molecule has 1 N–H and O–H groups in total. The Kier molecular flexibility index (Phi) is 15.7. The molecule has 0 atom stereocenters. The van der Waals surface area contributed by atoms with Crippen LogP contribution in [0.3, 0.4) is 0 Å². The number of aldehydes is 1. The molecule has 157 valence electrons. The molecule has 28 heavy (non-hydrogen) atoms. The number of rotatable bonds is 5. The fourth-order valence-electron chi connectivity index (χ4n) is 2.64. The van der Waals surface area contributed by atoms with E-state index in [1.54, 1.807) is 21.3 Å². The second kappa shape index (κ2) is 15.4. The molecule has 0 aliphatic heterocycles. The van der Waals surface area contributed by atoms with Crippen molar-refractivity contribution in [1.29, 1.82) is 0 Å².